The van der Waals surface area contributed by atoms with Crippen molar-refractivity contribution in [3.05, 3.63) is 54.6 Å². The number of benzene rings is 2. The molecular formula is C21H29N3O3. The highest BCUT2D eigenvalue weighted by Crippen LogP contribution is 2.23. The number of hydrogen-bond acceptors (Lipinski definition) is 4. The van der Waals surface area contributed by atoms with Crippen LogP contribution in [0.2, 0.25) is 0 Å². The van der Waals surface area contributed by atoms with Gasteiger partial charge in [-0.3, -0.25) is 4.99 Å². The molecule has 0 atom stereocenters. The summed E-state index contributed by atoms with van der Waals surface area (Å²) in [7, 11) is 0. The van der Waals surface area contributed by atoms with E-state index in [1.165, 1.54) is 0 Å². The molecule has 0 heterocycles. The molecule has 0 fully saturated rings. The number of nitrogens with two attached hydrogens (primary N) is 1. The SMILES string of the molecule is CCCCOCCOCCN=C(N)Nc1cccc(Oc2ccccc2)c1. The molecule has 0 saturated heterocycles. The minimum atomic E-state index is 0.342. The Hall–Kier alpha value is -2.57. The highest BCUT2D eigenvalue weighted by molar-refractivity contribution is 5.92. The molecule has 6 heteroatoms. The monoisotopic (exact) mass is 371 g/mol. The van der Waals surface area contributed by atoms with Gasteiger partial charge in [0.2, 0.25) is 0 Å². The maximum Gasteiger partial charge on any atom is 0.193 e. The molecular weight excluding hydrogens is 342 g/mol. The second-order valence-electron chi connectivity index (χ2n) is 5.91. The highest BCUT2D eigenvalue weighted by atomic mass is 16.5. The van der Waals surface area contributed by atoms with Crippen molar-refractivity contribution in [3.63, 3.8) is 0 Å². The first kappa shape index (κ1) is 20.7. The van der Waals surface area contributed by atoms with Crippen LogP contribution in [-0.2, 0) is 9.47 Å². The lowest BCUT2D eigenvalue weighted by atomic mass is 10.3. The van der Waals surface area contributed by atoms with Crippen molar-refractivity contribution in [2.24, 2.45) is 10.7 Å². The average molecular weight is 371 g/mol. The van der Waals surface area contributed by atoms with Crippen LogP contribution in [0.3, 0.4) is 0 Å². The van der Waals surface area contributed by atoms with Crippen LogP contribution in [0.1, 0.15) is 19.8 Å². The maximum absolute atomic E-state index is 5.92. The molecule has 0 saturated carbocycles. The Morgan fingerprint density at radius 1 is 0.926 bits per heavy atom. The van der Waals surface area contributed by atoms with Crippen molar-refractivity contribution in [2.45, 2.75) is 19.8 Å². The van der Waals surface area contributed by atoms with Gasteiger partial charge in [-0.2, -0.15) is 0 Å². The van der Waals surface area contributed by atoms with E-state index in [0.717, 1.165) is 36.6 Å². The van der Waals surface area contributed by atoms with Crippen molar-refractivity contribution in [1.29, 1.82) is 0 Å². The summed E-state index contributed by atoms with van der Waals surface area (Å²) in [5.41, 5.74) is 6.74. The molecule has 2 aromatic rings. The fraction of sp³-hybridized carbons (Fsp3) is 0.381. The summed E-state index contributed by atoms with van der Waals surface area (Å²) in [4.78, 5) is 4.26. The summed E-state index contributed by atoms with van der Waals surface area (Å²) in [6.07, 6.45) is 2.23. The third-order valence-corrected chi connectivity index (χ3v) is 3.62. The average Bonchev–Trinajstić information content (AvgIpc) is 2.68. The lowest BCUT2D eigenvalue weighted by Crippen LogP contribution is -2.23. The van der Waals surface area contributed by atoms with E-state index < -0.39 is 0 Å². The summed E-state index contributed by atoms with van der Waals surface area (Å²) < 4.78 is 16.7. The van der Waals surface area contributed by atoms with Gasteiger partial charge >= 0.3 is 0 Å². The van der Waals surface area contributed by atoms with Crippen LogP contribution < -0.4 is 15.8 Å². The van der Waals surface area contributed by atoms with Crippen molar-refractivity contribution < 1.29 is 14.2 Å². The molecule has 0 bridgehead atoms. The Bertz CT molecular complexity index is 677. The molecule has 0 aliphatic heterocycles. The Morgan fingerprint density at radius 3 is 2.44 bits per heavy atom. The van der Waals surface area contributed by atoms with Gasteiger partial charge in [-0.15, -0.1) is 0 Å². The molecule has 3 N–H and O–H groups in total. The van der Waals surface area contributed by atoms with Crippen molar-refractivity contribution in [2.75, 3.05) is 38.3 Å². The Labute approximate surface area is 161 Å². The van der Waals surface area contributed by atoms with Crippen LogP contribution in [0.4, 0.5) is 5.69 Å². The molecule has 6 nitrogen and oxygen atoms in total. The molecule has 27 heavy (non-hydrogen) atoms. The van der Waals surface area contributed by atoms with E-state index in [4.69, 9.17) is 19.9 Å². The van der Waals surface area contributed by atoms with E-state index in [2.05, 4.69) is 17.2 Å². The van der Waals surface area contributed by atoms with Crippen LogP contribution in [0.15, 0.2) is 59.6 Å². The Kier molecular flexibility index (Phi) is 9.78. The van der Waals surface area contributed by atoms with Gasteiger partial charge in [-0.25, -0.2) is 0 Å². The summed E-state index contributed by atoms with van der Waals surface area (Å²) >= 11 is 0. The summed E-state index contributed by atoms with van der Waals surface area (Å²) in [5, 5.41) is 3.06. The summed E-state index contributed by atoms with van der Waals surface area (Å²) in [6.45, 7) is 5.13. The quantitative estimate of drug-likeness (QED) is 0.334. The number of hydrogen-bond donors (Lipinski definition) is 2. The lowest BCUT2D eigenvalue weighted by molar-refractivity contribution is 0.0498. The second-order valence-corrected chi connectivity index (χ2v) is 5.91. The van der Waals surface area contributed by atoms with Gasteiger partial charge in [0, 0.05) is 18.4 Å². The van der Waals surface area contributed by atoms with E-state index in [-0.39, 0.29) is 0 Å². The predicted octanol–water partition coefficient (Wildman–Crippen LogP) is 4.04. The third kappa shape index (κ3) is 9.08. The zero-order chi connectivity index (χ0) is 19.2. The largest absolute Gasteiger partial charge is 0.457 e. The maximum atomic E-state index is 5.92. The number of aliphatic imine (C=N–C) groups is 1. The smallest absolute Gasteiger partial charge is 0.193 e. The molecule has 0 spiro atoms. The van der Waals surface area contributed by atoms with Crippen LogP contribution in [0.25, 0.3) is 0 Å². The predicted molar refractivity (Wildman–Crippen MR) is 110 cm³/mol. The van der Waals surface area contributed by atoms with Crippen molar-refractivity contribution in [1.82, 2.24) is 0 Å². The van der Waals surface area contributed by atoms with Gasteiger partial charge in [0.15, 0.2) is 5.96 Å². The van der Waals surface area contributed by atoms with Gasteiger partial charge in [0.05, 0.1) is 26.4 Å². The van der Waals surface area contributed by atoms with Gasteiger partial charge in [-0.05, 0) is 30.7 Å². The summed E-state index contributed by atoms with van der Waals surface area (Å²) in [5.74, 6) is 1.85. The summed E-state index contributed by atoms with van der Waals surface area (Å²) in [6, 6.07) is 17.2. The van der Waals surface area contributed by atoms with Crippen molar-refractivity contribution in [3.8, 4) is 11.5 Å². The van der Waals surface area contributed by atoms with Crippen LogP contribution >= 0.6 is 0 Å². The number of nitrogens with one attached hydrogen (secondary N) is 1. The zero-order valence-electron chi connectivity index (χ0n) is 15.9. The van der Waals surface area contributed by atoms with Crippen LogP contribution in [-0.4, -0.2) is 38.9 Å². The molecule has 2 aromatic carbocycles. The molecule has 0 amide bonds. The molecule has 0 radical (unpaired) electrons. The fourth-order valence-electron chi connectivity index (χ4n) is 2.25. The van der Waals surface area contributed by atoms with E-state index in [1.807, 2.05) is 54.6 Å². The molecule has 0 aliphatic rings. The van der Waals surface area contributed by atoms with E-state index in [1.54, 1.807) is 0 Å². The number of anilines is 1. The molecule has 0 aromatic heterocycles. The number of para-hydroxylation sites is 1. The normalized spacial score (nSPS) is 11.4. The molecule has 0 aliphatic carbocycles. The van der Waals surface area contributed by atoms with E-state index >= 15 is 0 Å². The highest BCUT2D eigenvalue weighted by Gasteiger charge is 2.00. The molecule has 146 valence electrons. The Morgan fingerprint density at radius 2 is 1.67 bits per heavy atom. The van der Waals surface area contributed by atoms with Gasteiger partial charge in [0.25, 0.3) is 0 Å². The zero-order valence-corrected chi connectivity index (χ0v) is 15.9. The number of unbranched alkanes of at least 4 members (excludes halogenated alkanes) is 1. The number of rotatable bonds is 12. The van der Waals surface area contributed by atoms with Gasteiger partial charge in [0.1, 0.15) is 11.5 Å². The minimum Gasteiger partial charge on any atom is -0.457 e. The molecule has 2 rings (SSSR count). The molecule has 0 unspecified atom stereocenters. The first-order valence-electron chi connectivity index (χ1n) is 9.33. The lowest BCUT2D eigenvalue weighted by Gasteiger charge is -2.09. The fourth-order valence-corrected chi connectivity index (χ4v) is 2.25. The number of guanidine groups is 1. The van der Waals surface area contributed by atoms with Crippen LogP contribution in [0.5, 0.6) is 11.5 Å². The van der Waals surface area contributed by atoms with Crippen LogP contribution in [0, 0.1) is 0 Å². The van der Waals surface area contributed by atoms with Gasteiger partial charge in [-0.1, -0.05) is 37.6 Å². The topological polar surface area (TPSA) is 78.1 Å². The second kappa shape index (κ2) is 12.7. The number of nitrogens with zero attached hydrogens (tertiary/aromatic N) is 1. The van der Waals surface area contributed by atoms with Crippen molar-refractivity contribution >= 4 is 11.6 Å². The first-order valence-corrected chi connectivity index (χ1v) is 9.33. The number of ether oxygens (including phenoxy) is 3. The standard InChI is InChI=1S/C21H29N3O3/c1-2-3-13-25-15-16-26-14-12-23-21(22)24-18-8-7-11-20(17-18)27-19-9-5-4-6-10-19/h4-11,17H,2-3,12-16H2,1H3,(H3,22,23,24). The van der Waals surface area contributed by atoms with Gasteiger partial charge < -0.3 is 25.3 Å². The Balaban J connectivity index is 1.68. The van der Waals surface area contributed by atoms with E-state index in [9.17, 15) is 0 Å². The minimum absolute atomic E-state index is 0.342. The third-order valence-electron chi connectivity index (χ3n) is 3.62. The van der Waals surface area contributed by atoms with E-state index in [0.29, 0.717) is 32.3 Å². The first-order chi connectivity index (χ1) is 13.3.